The standard InChI is InChI=1S/C40H40N6O4/c1-43(2)27-13-9-17-31(21-27)47-37-35(25-41)36(26-42)38(48-32-18-10-14-28(22-32)44(3)4)40(50-34-20-12-16-30(24-34)46(7)8)39(37)49-33-19-11-15-29(23-33)45(5)6/h9-24H,1-8H3. The molecular formula is C40H40N6O4. The van der Waals surface area contributed by atoms with E-state index in [-0.39, 0.29) is 34.1 Å². The number of nitriles is 2. The Morgan fingerprint density at radius 2 is 0.620 bits per heavy atom. The minimum Gasteiger partial charge on any atom is -0.452 e. The van der Waals surface area contributed by atoms with Crippen LogP contribution in [0.15, 0.2) is 97.1 Å². The second-order valence-electron chi connectivity index (χ2n) is 12.3. The summed E-state index contributed by atoms with van der Waals surface area (Å²) < 4.78 is 26.4. The molecule has 0 N–H and O–H groups in total. The van der Waals surface area contributed by atoms with Gasteiger partial charge < -0.3 is 38.5 Å². The van der Waals surface area contributed by atoms with Gasteiger partial charge >= 0.3 is 0 Å². The molecule has 0 atom stereocenters. The minimum atomic E-state index is -0.0744. The Balaban J connectivity index is 1.84. The van der Waals surface area contributed by atoms with Crippen LogP contribution in [0.3, 0.4) is 0 Å². The van der Waals surface area contributed by atoms with Gasteiger partial charge in [0.2, 0.25) is 11.5 Å². The lowest BCUT2D eigenvalue weighted by atomic mass is 10.0. The normalized spacial score (nSPS) is 10.4. The zero-order chi connectivity index (χ0) is 35.9. The summed E-state index contributed by atoms with van der Waals surface area (Å²) in [6, 6.07) is 34.1. The van der Waals surface area contributed by atoms with E-state index in [0.717, 1.165) is 22.7 Å². The third-order valence-corrected chi connectivity index (χ3v) is 7.76. The van der Waals surface area contributed by atoms with Crippen molar-refractivity contribution in [1.82, 2.24) is 0 Å². The highest BCUT2D eigenvalue weighted by atomic mass is 16.6. The Hall–Kier alpha value is -6.52. The van der Waals surface area contributed by atoms with Crippen LogP contribution < -0.4 is 38.5 Å². The lowest BCUT2D eigenvalue weighted by Crippen LogP contribution is -2.09. The molecule has 0 radical (unpaired) electrons. The summed E-state index contributed by atoms with van der Waals surface area (Å²) >= 11 is 0. The van der Waals surface area contributed by atoms with Crippen LogP contribution in [0.25, 0.3) is 0 Å². The predicted octanol–water partition coefficient (Wildman–Crippen LogP) is 8.86. The molecule has 0 saturated heterocycles. The predicted molar refractivity (Wildman–Crippen MR) is 199 cm³/mol. The molecule has 5 aromatic rings. The molecule has 0 saturated carbocycles. The first-order chi connectivity index (χ1) is 24.0. The second-order valence-corrected chi connectivity index (χ2v) is 12.3. The minimum absolute atomic E-state index is 0.00312. The first-order valence-corrected chi connectivity index (χ1v) is 15.8. The molecular weight excluding hydrogens is 628 g/mol. The van der Waals surface area contributed by atoms with Gasteiger partial charge in [-0.3, -0.25) is 0 Å². The molecule has 0 fully saturated rings. The van der Waals surface area contributed by atoms with Crippen LogP contribution in [0.4, 0.5) is 22.7 Å². The van der Waals surface area contributed by atoms with Crippen molar-refractivity contribution in [3.05, 3.63) is 108 Å². The van der Waals surface area contributed by atoms with Gasteiger partial charge in [0.25, 0.3) is 0 Å². The van der Waals surface area contributed by atoms with Gasteiger partial charge in [-0.1, -0.05) is 24.3 Å². The zero-order valence-corrected chi connectivity index (χ0v) is 29.6. The zero-order valence-electron chi connectivity index (χ0n) is 29.6. The Morgan fingerprint density at radius 1 is 0.380 bits per heavy atom. The van der Waals surface area contributed by atoms with E-state index in [1.54, 1.807) is 24.3 Å². The lowest BCUT2D eigenvalue weighted by molar-refractivity contribution is 0.365. The molecule has 5 rings (SSSR count). The van der Waals surface area contributed by atoms with E-state index in [4.69, 9.17) is 18.9 Å². The molecule has 50 heavy (non-hydrogen) atoms. The fraction of sp³-hybridized carbons (Fsp3) is 0.200. The van der Waals surface area contributed by atoms with Crippen molar-refractivity contribution in [3.63, 3.8) is 0 Å². The maximum absolute atomic E-state index is 10.7. The Morgan fingerprint density at radius 3 is 0.840 bits per heavy atom. The average Bonchev–Trinajstić information content (AvgIpc) is 3.10. The van der Waals surface area contributed by atoms with Crippen molar-refractivity contribution in [1.29, 1.82) is 10.5 Å². The molecule has 254 valence electrons. The fourth-order valence-corrected chi connectivity index (χ4v) is 5.03. The second kappa shape index (κ2) is 15.1. The van der Waals surface area contributed by atoms with Gasteiger partial charge in [0.15, 0.2) is 11.5 Å². The van der Waals surface area contributed by atoms with Gasteiger partial charge in [0.05, 0.1) is 0 Å². The average molecular weight is 669 g/mol. The van der Waals surface area contributed by atoms with E-state index < -0.39 is 0 Å². The number of benzene rings is 5. The molecule has 0 unspecified atom stereocenters. The molecule has 0 aliphatic carbocycles. The Bertz CT molecular complexity index is 1930. The van der Waals surface area contributed by atoms with Crippen LogP contribution in [0.1, 0.15) is 11.1 Å². The van der Waals surface area contributed by atoms with Gasteiger partial charge in [-0.05, 0) is 48.5 Å². The van der Waals surface area contributed by atoms with E-state index in [1.165, 1.54) is 0 Å². The highest BCUT2D eigenvalue weighted by Crippen LogP contribution is 2.55. The summed E-state index contributed by atoms with van der Waals surface area (Å²) in [6.07, 6.45) is 0. The number of rotatable bonds is 12. The topological polar surface area (TPSA) is 97.5 Å². The summed E-state index contributed by atoms with van der Waals surface area (Å²) in [4.78, 5) is 7.78. The first kappa shape index (κ1) is 34.8. The molecule has 0 amide bonds. The molecule has 10 heteroatoms. The summed E-state index contributed by atoms with van der Waals surface area (Å²) in [5.41, 5.74) is 3.37. The number of anilines is 4. The first-order valence-electron chi connectivity index (χ1n) is 15.8. The molecule has 0 heterocycles. The highest BCUT2D eigenvalue weighted by molar-refractivity contribution is 5.76. The summed E-state index contributed by atoms with van der Waals surface area (Å²) in [5.74, 6) is 1.87. The van der Waals surface area contributed by atoms with Crippen LogP contribution in [-0.4, -0.2) is 56.4 Å². The molecule has 0 bridgehead atoms. The third kappa shape index (κ3) is 7.78. The summed E-state index contributed by atoms with van der Waals surface area (Å²) in [5, 5.41) is 21.4. The Labute approximate surface area is 294 Å². The fourth-order valence-electron chi connectivity index (χ4n) is 5.03. The van der Waals surface area contributed by atoms with E-state index in [2.05, 4.69) is 12.1 Å². The van der Waals surface area contributed by atoms with E-state index >= 15 is 0 Å². The van der Waals surface area contributed by atoms with Gasteiger partial charge in [-0.25, -0.2) is 0 Å². The molecule has 5 aromatic carbocycles. The summed E-state index contributed by atoms with van der Waals surface area (Å²) in [6.45, 7) is 0. The van der Waals surface area contributed by atoms with Crippen molar-refractivity contribution < 1.29 is 18.9 Å². The van der Waals surface area contributed by atoms with Crippen molar-refractivity contribution in [2.45, 2.75) is 0 Å². The number of hydrogen-bond donors (Lipinski definition) is 0. The number of nitrogens with zero attached hydrogens (tertiary/aromatic N) is 6. The van der Waals surface area contributed by atoms with Crippen LogP contribution in [-0.2, 0) is 0 Å². The van der Waals surface area contributed by atoms with Crippen LogP contribution in [0.2, 0.25) is 0 Å². The van der Waals surface area contributed by atoms with Crippen molar-refractivity contribution in [2.24, 2.45) is 0 Å². The van der Waals surface area contributed by atoms with E-state index in [0.29, 0.717) is 23.0 Å². The Kier molecular flexibility index (Phi) is 10.5. The largest absolute Gasteiger partial charge is 0.452 e. The van der Waals surface area contributed by atoms with Crippen molar-refractivity contribution >= 4 is 22.7 Å². The maximum atomic E-state index is 10.7. The highest BCUT2D eigenvalue weighted by Gasteiger charge is 2.32. The summed E-state index contributed by atoms with van der Waals surface area (Å²) in [7, 11) is 15.4. The van der Waals surface area contributed by atoms with E-state index in [1.807, 2.05) is 149 Å². The molecule has 10 nitrogen and oxygen atoms in total. The monoisotopic (exact) mass is 668 g/mol. The molecule has 0 aromatic heterocycles. The van der Waals surface area contributed by atoms with E-state index in [9.17, 15) is 10.5 Å². The maximum Gasteiger partial charge on any atom is 0.217 e. The third-order valence-electron chi connectivity index (χ3n) is 7.76. The SMILES string of the molecule is CN(C)c1cccc(Oc2c(C#N)c(C#N)c(Oc3cccc(N(C)C)c3)c(Oc3cccc(N(C)C)c3)c2Oc2cccc(N(C)C)c2)c1. The molecule has 0 spiro atoms. The van der Waals surface area contributed by atoms with Gasteiger partial charge in [-0.15, -0.1) is 0 Å². The van der Waals surface area contributed by atoms with Gasteiger partial charge in [-0.2, -0.15) is 10.5 Å². The van der Waals surface area contributed by atoms with Crippen molar-refractivity contribution in [2.75, 3.05) is 76.0 Å². The van der Waals surface area contributed by atoms with Crippen LogP contribution in [0, 0.1) is 22.7 Å². The van der Waals surface area contributed by atoms with Crippen molar-refractivity contribution in [3.8, 4) is 58.1 Å². The smallest absolute Gasteiger partial charge is 0.217 e. The van der Waals surface area contributed by atoms with Gasteiger partial charge in [0.1, 0.15) is 46.3 Å². The lowest BCUT2D eigenvalue weighted by Gasteiger charge is -2.23. The molecule has 0 aliphatic rings. The number of hydrogen-bond acceptors (Lipinski definition) is 10. The van der Waals surface area contributed by atoms with Crippen LogP contribution in [0.5, 0.6) is 46.0 Å². The quantitative estimate of drug-likeness (QED) is 0.128. The van der Waals surface area contributed by atoms with Gasteiger partial charge in [0, 0.05) is 103 Å². The number of ether oxygens (including phenoxy) is 4. The van der Waals surface area contributed by atoms with Crippen LogP contribution >= 0.6 is 0 Å². The molecule has 0 aliphatic heterocycles.